The molecule has 76 valence electrons. The number of carbonyl (C=O) groups is 1. The van der Waals surface area contributed by atoms with Crippen LogP contribution in [0.1, 0.15) is 5.56 Å². The molecule has 5 heteroatoms. The lowest BCUT2D eigenvalue weighted by Crippen LogP contribution is -2.28. The van der Waals surface area contributed by atoms with Crippen molar-refractivity contribution in [3.63, 3.8) is 0 Å². The van der Waals surface area contributed by atoms with E-state index in [2.05, 4.69) is 31.5 Å². The maximum atomic E-state index is 10.7. The molecule has 0 aliphatic heterocycles. The van der Waals surface area contributed by atoms with Gasteiger partial charge >= 0.3 is 6.09 Å². The third-order valence-electron chi connectivity index (χ3n) is 1.65. The van der Waals surface area contributed by atoms with Crippen molar-refractivity contribution in [2.45, 2.75) is 6.92 Å². The molecule has 0 bridgehead atoms. The molecule has 0 unspecified atom stereocenters. The number of hydrogen-bond acceptors (Lipinski definition) is 3. The molecule has 0 heterocycles. The molecule has 14 heavy (non-hydrogen) atoms. The molecule has 0 spiro atoms. The van der Waals surface area contributed by atoms with Crippen molar-refractivity contribution in [1.29, 1.82) is 0 Å². The molecule has 1 rings (SSSR count). The molecule has 0 saturated carbocycles. The smallest absolute Gasteiger partial charge is 0.425 e. The first kappa shape index (κ1) is 10.8. The SMILES string of the molecule is COC(=O)NNc1ccc(Br)c(C)c1. The number of anilines is 1. The number of carbonyl (C=O) groups excluding carboxylic acids is 1. The van der Waals surface area contributed by atoms with Crippen LogP contribution in [0.15, 0.2) is 22.7 Å². The Labute approximate surface area is 90.7 Å². The van der Waals surface area contributed by atoms with Crippen LogP contribution in [0.25, 0.3) is 0 Å². The highest BCUT2D eigenvalue weighted by molar-refractivity contribution is 9.10. The first-order valence-corrected chi connectivity index (χ1v) is 4.79. The van der Waals surface area contributed by atoms with Crippen LogP contribution in [0.5, 0.6) is 0 Å². The summed E-state index contributed by atoms with van der Waals surface area (Å²) >= 11 is 3.38. The average Bonchev–Trinajstić information content (AvgIpc) is 2.19. The van der Waals surface area contributed by atoms with Crippen molar-refractivity contribution in [3.8, 4) is 0 Å². The number of hydrazine groups is 1. The lowest BCUT2D eigenvalue weighted by molar-refractivity contribution is 0.173. The summed E-state index contributed by atoms with van der Waals surface area (Å²) in [6.07, 6.45) is -0.523. The molecule has 2 N–H and O–H groups in total. The minimum absolute atomic E-state index is 0.523. The Morgan fingerprint density at radius 1 is 1.50 bits per heavy atom. The predicted octanol–water partition coefficient (Wildman–Crippen LogP) is 2.44. The van der Waals surface area contributed by atoms with Gasteiger partial charge in [-0.15, -0.1) is 0 Å². The minimum Gasteiger partial charge on any atom is -0.452 e. The molecule has 1 aromatic carbocycles. The Bertz CT molecular complexity index is 342. The van der Waals surface area contributed by atoms with Gasteiger partial charge in [0.2, 0.25) is 0 Å². The van der Waals surface area contributed by atoms with E-state index in [-0.39, 0.29) is 0 Å². The van der Waals surface area contributed by atoms with Crippen LogP contribution in [-0.4, -0.2) is 13.2 Å². The predicted molar refractivity (Wildman–Crippen MR) is 58.0 cm³/mol. The van der Waals surface area contributed by atoms with Crippen molar-refractivity contribution < 1.29 is 9.53 Å². The maximum Gasteiger partial charge on any atom is 0.425 e. The lowest BCUT2D eigenvalue weighted by Gasteiger charge is -2.08. The second kappa shape index (κ2) is 4.85. The normalized spacial score (nSPS) is 9.36. The van der Waals surface area contributed by atoms with E-state index in [0.717, 1.165) is 15.7 Å². The second-order valence-electron chi connectivity index (χ2n) is 2.71. The van der Waals surface area contributed by atoms with Crippen LogP contribution in [0, 0.1) is 6.92 Å². The minimum atomic E-state index is -0.523. The molecule has 0 radical (unpaired) electrons. The molecule has 0 aliphatic carbocycles. The third-order valence-corrected chi connectivity index (χ3v) is 2.54. The molecule has 0 saturated heterocycles. The van der Waals surface area contributed by atoms with Crippen molar-refractivity contribution in [3.05, 3.63) is 28.2 Å². The number of ether oxygens (including phenoxy) is 1. The molecule has 0 atom stereocenters. The van der Waals surface area contributed by atoms with Gasteiger partial charge in [0, 0.05) is 4.47 Å². The summed E-state index contributed by atoms with van der Waals surface area (Å²) in [5.41, 5.74) is 6.97. The summed E-state index contributed by atoms with van der Waals surface area (Å²) in [4.78, 5) is 10.7. The van der Waals surface area contributed by atoms with E-state index in [0.29, 0.717) is 0 Å². The summed E-state index contributed by atoms with van der Waals surface area (Å²) in [5.74, 6) is 0. The van der Waals surface area contributed by atoms with Gasteiger partial charge in [-0.3, -0.25) is 5.43 Å². The quantitative estimate of drug-likeness (QED) is 0.802. The zero-order valence-corrected chi connectivity index (χ0v) is 9.51. The number of amides is 1. The average molecular weight is 259 g/mol. The Morgan fingerprint density at radius 2 is 2.21 bits per heavy atom. The number of aryl methyl sites for hydroxylation is 1. The van der Waals surface area contributed by atoms with Gasteiger partial charge in [0.05, 0.1) is 12.8 Å². The summed E-state index contributed by atoms with van der Waals surface area (Å²) in [5, 5.41) is 0. The van der Waals surface area contributed by atoms with Crippen LogP contribution in [0.4, 0.5) is 10.5 Å². The van der Waals surface area contributed by atoms with Crippen molar-refractivity contribution >= 4 is 27.7 Å². The monoisotopic (exact) mass is 258 g/mol. The van der Waals surface area contributed by atoms with Gasteiger partial charge in [-0.1, -0.05) is 15.9 Å². The number of benzene rings is 1. The Kier molecular flexibility index (Phi) is 3.76. The van der Waals surface area contributed by atoms with Gasteiger partial charge in [-0.2, -0.15) is 0 Å². The molecule has 1 aromatic rings. The zero-order chi connectivity index (χ0) is 10.6. The highest BCUT2D eigenvalue weighted by Crippen LogP contribution is 2.19. The van der Waals surface area contributed by atoms with E-state index in [1.165, 1.54) is 7.11 Å². The van der Waals surface area contributed by atoms with Gasteiger partial charge in [0.1, 0.15) is 0 Å². The molecule has 0 aromatic heterocycles. The van der Waals surface area contributed by atoms with Crippen molar-refractivity contribution in [1.82, 2.24) is 5.43 Å². The molecular weight excluding hydrogens is 248 g/mol. The van der Waals surface area contributed by atoms with Gasteiger partial charge in [-0.05, 0) is 30.7 Å². The largest absolute Gasteiger partial charge is 0.452 e. The molecule has 1 amide bonds. The Balaban J connectivity index is 2.60. The topological polar surface area (TPSA) is 50.4 Å². The highest BCUT2D eigenvalue weighted by atomic mass is 79.9. The summed E-state index contributed by atoms with van der Waals surface area (Å²) in [6, 6.07) is 5.64. The van der Waals surface area contributed by atoms with Crippen LogP contribution in [0.3, 0.4) is 0 Å². The number of rotatable bonds is 2. The first-order valence-electron chi connectivity index (χ1n) is 3.99. The van der Waals surface area contributed by atoms with E-state index >= 15 is 0 Å². The van der Waals surface area contributed by atoms with Crippen molar-refractivity contribution in [2.75, 3.05) is 12.5 Å². The summed E-state index contributed by atoms with van der Waals surface area (Å²) in [7, 11) is 1.31. The van der Waals surface area contributed by atoms with Crippen LogP contribution in [-0.2, 0) is 4.74 Å². The third kappa shape index (κ3) is 2.92. The van der Waals surface area contributed by atoms with Crippen LogP contribution in [0.2, 0.25) is 0 Å². The van der Waals surface area contributed by atoms with Crippen LogP contribution < -0.4 is 10.9 Å². The zero-order valence-electron chi connectivity index (χ0n) is 7.93. The summed E-state index contributed by atoms with van der Waals surface area (Å²) < 4.78 is 5.43. The number of methoxy groups -OCH3 is 1. The van der Waals surface area contributed by atoms with Crippen molar-refractivity contribution in [2.24, 2.45) is 0 Å². The lowest BCUT2D eigenvalue weighted by atomic mass is 10.2. The van der Waals surface area contributed by atoms with E-state index in [1.54, 1.807) is 0 Å². The first-order chi connectivity index (χ1) is 6.63. The van der Waals surface area contributed by atoms with Gasteiger partial charge in [0.25, 0.3) is 0 Å². The number of halogens is 1. The Hall–Kier alpha value is -1.23. The number of nitrogens with one attached hydrogen (secondary N) is 2. The Morgan fingerprint density at radius 3 is 2.79 bits per heavy atom. The maximum absolute atomic E-state index is 10.7. The fourth-order valence-corrected chi connectivity index (χ4v) is 1.14. The molecular formula is C9H11BrN2O2. The van der Waals surface area contributed by atoms with Gasteiger partial charge in [0.15, 0.2) is 0 Å². The second-order valence-corrected chi connectivity index (χ2v) is 3.56. The molecule has 0 fully saturated rings. The fraction of sp³-hybridized carbons (Fsp3) is 0.222. The van der Waals surface area contributed by atoms with E-state index in [4.69, 9.17) is 0 Å². The molecule has 0 aliphatic rings. The van der Waals surface area contributed by atoms with Gasteiger partial charge < -0.3 is 4.74 Å². The fourth-order valence-electron chi connectivity index (χ4n) is 0.897. The highest BCUT2D eigenvalue weighted by Gasteiger charge is 1.99. The number of hydrogen-bond donors (Lipinski definition) is 2. The van der Waals surface area contributed by atoms with E-state index in [9.17, 15) is 4.79 Å². The van der Waals surface area contributed by atoms with E-state index < -0.39 is 6.09 Å². The van der Waals surface area contributed by atoms with Gasteiger partial charge in [-0.25, -0.2) is 10.2 Å². The summed E-state index contributed by atoms with van der Waals surface area (Å²) in [6.45, 7) is 1.97. The molecule has 4 nitrogen and oxygen atoms in total. The standard InChI is InChI=1S/C9H11BrN2O2/c1-6-5-7(3-4-8(6)10)11-12-9(13)14-2/h3-5,11H,1-2H3,(H,12,13). The van der Waals surface area contributed by atoms with E-state index in [1.807, 2.05) is 25.1 Å². The van der Waals surface area contributed by atoms with Crippen LogP contribution >= 0.6 is 15.9 Å².